The molecule has 1 aliphatic rings. The molecule has 0 unspecified atom stereocenters. The highest BCUT2D eigenvalue weighted by atomic mass is 16.5. The van der Waals surface area contributed by atoms with Gasteiger partial charge in [-0.3, -0.25) is 9.59 Å². The molecule has 0 radical (unpaired) electrons. The summed E-state index contributed by atoms with van der Waals surface area (Å²) < 4.78 is 5.63. The van der Waals surface area contributed by atoms with Crippen molar-refractivity contribution in [2.24, 2.45) is 10.5 Å². The normalized spacial score (nSPS) is 18.3. The lowest BCUT2D eigenvalue weighted by atomic mass is 9.76. The molecule has 1 N–H and O–H groups in total. The zero-order chi connectivity index (χ0) is 17.9. The molecule has 1 saturated carbocycles. The highest BCUT2D eigenvalue weighted by Gasteiger charge is 2.30. The summed E-state index contributed by atoms with van der Waals surface area (Å²) in [7, 11) is 0. The van der Waals surface area contributed by atoms with Gasteiger partial charge in [0.15, 0.2) is 6.61 Å². The van der Waals surface area contributed by atoms with Crippen molar-refractivity contribution >= 4 is 28.2 Å². The van der Waals surface area contributed by atoms with Crippen molar-refractivity contribution in [2.75, 3.05) is 6.61 Å². The monoisotopic (exact) mass is 338 g/mol. The Morgan fingerprint density at radius 2 is 1.92 bits per heavy atom. The van der Waals surface area contributed by atoms with Crippen LogP contribution in [0.3, 0.4) is 0 Å². The van der Waals surface area contributed by atoms with E-state index in [-0.39, 0.29) is 23.7 Å². The Labute approximate surface area is 147 Å². The Balaban J connectivity index is 1.59. The fourth-order valence-electron chi connectivity index (χ4n) is 3.22. The van der Waals surface area contributed by atoms with Gasteiger partial charge >= 0.3 is 0 Å². The van der Waals surface area contributed by atoms with Gasteiger partial charge in [0.05, 0.1) is 0 Å². The van der Waals surface area contributed by atoms with Gasteiger partial charge in [0.2, 0.25) is 0 Å². The zero-order valence-electron chi connectivity index (χ0n) is 14.5. The van der Waals surface area contributed by atoms with E-state index in [9.17, 15) is 9.59 Å². The molecule has 2 aromatic carbocycles. The standard InChI is InChI=1S/C20H22N2O3/c1-20(2)11-15(10-16(23)12-20)21-22-19(24)13-25-18-9-5-7-14-6-3-4-8-17(14)18/h3-9H,10-13H2,1-2H3,(H,22,24). The molecule has 25 heavy (non-hydrogen) atoms. The highest BCUT2D eigenvalue weighted by molar-refractivity contribution is 6.05. The Bertz CT molecular complexity index is 834. The number of ketones is 1. The van der Waals surface area contributed by atoms with Crippen LogP contribution in [0.25, 0.3) is 10.8 Å². The predicted molar refractivity (Wildman–Crippen MR) is 97.7 cm³/mol. The first-order valence-electron chi connectivity index (χ1n) is 8.39. The Morgan fingerprint density at radius 1 is 1.16 bits per heavy atom. The number of ether oxygens (including phenoxy) is 1. The van der Waals surface area contributed by atoms with E-state index in [1.165, 1.54) is 0 Å². The van der Waals surface area contributed by atoms with E-state index in [2.05, 4.69) is 10.5 Å². The Morgan fingerprint density at radius 3 is 2.72 bits per heavy atom. The van der Waals surface area contributed by atoms with Gasteiger partial charge in [0.25, 0.3) is 5.91 Å². The Kier molecular flexibility index (Phi) is 4.83. The minimum atomic E-state index is -0.337. The highest BCUT2D eigenvalue weighted by Crippen LogP contribution is 2.31. The average molecular weight is 338 g/mol. The molecular weight excluding hydrogens is 316 g/mol. The van der Waals surface area contributed by atoms with Crippen LogP contribution >= 0.6 is 0 Å². The fourth-order valence-corrected chi connectivity index (χ4v) is 3.22. The first-order chi connectivity index (χ1) is 11.9. The number of hydrazone groups is 1. The molecule has 0 aliphatic heterocycles. The SMILES string of the molecule is CC1(C)CC(=O)CC(=NNC(=O)COc2cccc3ccccc23)C1. The summed E-state index contributed by atoms with van der Waals surface area (Å²) in [6.07, 6.45) is 1.58. The van der Waals surface area contributed by atoms with Gasteiger partial charge in [0.1, 0.15) is 11.5 Å². The molecule has 1 amide bonds. The molecule has 2 aromatic rings. The van der Waals surface area contributed by atoms with Gasteiger partial charge in [-0.15, -0.1) is 0 Å². The number of rotatable bonds is 4. The van der Waals surface area contributed by atoms with Crippen molar-refractivity contribution in [1.29, 1.82) is 0 Å². The van der Waals surface area contributed by atoms with Crippen LogP contribution in [0.4, 0.5) is 0 Å². The lowest BCUT2D eigenvalue weighted by Crippen LogP contribution is -2.32. The number of carbonyl (C=O) groups is 2. The molecule has 1 fully saturated rings. The minimum absolute atomic E-state index is 0.0989. The van der Waals surface area contributed by atoms with Gasteiger partial charge in [-0.05, 0) is 23.3 Å². The number of hydrogen-bond donors (Lipinski definition) is 1. The smallest absolute Gasteiger partial charge is 0.277 e. The van der Waals surface area contributed by atoms with E-state index in [1.54, 1.807) is 0 Å². The second-order valence-electron chi connectivity index (χ2n) is 7.21. The third-order valence-electron chi connectivity index (χ3n) is 4.21. The maximum absolute atomic E-state index is 12.0. The van der Waals surface area contributed by atoms with Crippen LogP contribution in [0.5, 0.6) is 5.75 Å². The maximum atomic E-state index is 12.0. The third-order valence-corrected chi connectivity index (χ3v) is 4.21. The number of Topliss-reactive ketones (excluding diaryl/α,β-unsaturated/α-hetero) is 1. The number of amides is 1. The number of carbonyl (C=O) groups excluding carboxylic acids is 2. The molecular formula is C20H22N2O3. The van der Waals surface area contributed by atoms with Gasteiger partial charge in [-0.1, -0.05) is 50.2 Å². The van der Waals surface area contributed by atoms with E-state index in [4.69, 9.17) is 4.74 Å². The zero-order valence-corrected chi connectivity index (χ0v) is 14.5. The van der Waals surface area contributed by atoms with Crippen LogP contribution in [0, 0.1) is 5.41 Å². The van der Waals surface area contributed by atoms with Crippen LogP contribution in [0.1, 0.15) is 33.1 Å². The molecule has 0 spiro atoms. The summed E-state index contributed by atoms with van der Waals surface area (Å²) in [5, 5.41) is 6.14. The fraction of sp³-hybridized carbons (Fsp3) is 0.350. The first kappa shape index (κ1) is 17.1. The van der Waals surface area contributed by atoms with Crippen LogP contribution in [-0.4, -0.2) is 24.0 Å². The minimum Gasteiger partial charge on any atom is -0.483 e. The largest absolute Gasteiger partial charge is 0.483 e. The van der Waals surface area contributed by atoms with E-state index < -0.39 is 0 Å². The summed E-state index contributed by atoms with van der Waals surface area (Å²) in [6, 6.07) is 13.6. The molecule has 3 rings (SSSR count). The van der Waals surface area contributed by atoms with Gasteiger partial charge < -0.3 is 4.74 Å². The second kappa shape index (κ2) is 7.05. The molecule has 130 valence electrons. The van der Waals surface area contributed by atoms with Crippen molar-refractivity contribution in [3.8, 4) is 5.75 Å². The summed E-state index contributed by atoms with van der Waals surface area (Å²) >= 11 is 0. The molecule has 0 saturated heterocycles. The van der Waals surface area contributed by atoms with Crippen molar-refractivity contribution in [1.82, 2.24) is 5.43 Å². The number of hydrogen-bond acceptors (Lipinski definition) is 4. The van der Waals surface area contributed by atoms with E-state index in [1.807, 2.05) is 56.3 Å². The molecule has 0 atom stereocenters. The number of nitrogens with one attached hydrogen (secondary N) is 1. The number of nitrogens with zero attached hydrogens (tertiary/aromatic N) is 1. The summed E-state index contributed by atoms with van der Waals surface area (Å²) in [4.78, 5) is 23.8. The first-order valence-corrected chi connectivity index (χ1v) is 8.39. The lowest BCUT2D eigenvalue weighted by molar-refractivity contribution is -0.123. The quantitative estimate of drug-likeness (QED) is 0.868. The van der Waals surface area contributed by atoms with Crippen LogP contribution in [0.2, 0.25) is 0 Å². The third kappa shape index (κ3) is 4.44. The molecule has 0 heterocycles. The maximum Gasteiger partial charge on any atom is 0.277 e. The molecule has 0 aromatic heterocycles. The van der Waals surface area contributed by atoms with E-state index >= 15 is 0 Å². The van der Waals surface area contributed by atoms with E-state index in [0.29, 0.717) is 25.0 Å². The lowest BCUT2D eigenvalue weighted by Gasteiger charge is -2.28. The van der Waals surface area contributed by atoms with Crippen molar-refractivity contribution in [2.45, 2.75) is 33.1 Å². The van der Waals surface area contributed by atoms with Crippen LogP contribution < -0.4 is 10.2 Å². The Hall–Kier alpha value is -2.69. The predicted octanol–water partition coefficient (Wildman–Crippen LogP) is 3.47. The summed E-state index contributed by atoms with van der Waals surface area (Å²) in [5.41, 5.74) is 3.12. The van der Waals surface area contributed by atoms with Crippen molar-refractivity contribution in [3.63, 3.8) is 0 Å². The molecule has 0 bridgehead atoms. The van der Waals surface area contributed by atoms with E-state index in [0.717, 1.165) is 16.5 Å². The van der Waals surface area contributed by atoms with Crippen molar-refractivity contribution in [3.05, 3.63) is 42.5 Å². The summed E-state index contributed by atoms with van der Waals surface area (Å²) in [5.74, 6) is 0.488. The molecule has 5 heteroatoms. The van der Waals surface area contributed by atoms with Crippen LogP contribution in [-0.2, 0) is 9.59 Å². The number of fused-ring (bicyclic) bond motifs is 1. The number of benzene rings is 2. The summed E-state index contributed by atoms with van der Waals surface area (Å²) in [6.45, 7) is 3.94. The van der Waals surface area contributed by atoms with Gasteiger partial charge in [-0.25, -0.2) is 5.43 Å². The van der Waals surface area contributed by atoms with Crippen molar-refractivity contribution < 1.29 is 14.3 Å². The van der Waals surface area contributed by atoms with Gasteiger partial charge in [0, 0.05) is 23.9 Å². The second-order valence-corrected chi connectivity index (χ2v) is 7.21. The molecule has 5 nitrogen and oxygen atoms in total. The van der Waals surface area contributed by atoms with Crippen LogP contribution in [0.15, 0.2) is 47.6 Å². The van der Waals surface area contributed by atoms with Gasteiger partial charge in [-0.2, -0.15) is 5.10 Å². The molecule has 1 aliphatic carbocycles. The average Bonchev–Trinajstić information content (AvgIpc) is 2.56. The topological polar surface area (TPSA) is 67.8 Å².